The van der Waals surface area contributed by atoms with Crippen LogP contribution in [0.5, 0.6) is 11.5 Å². The molecule has 0 aliphatic carbocycles. The minimum atomic E-state index is -0.165. The molecule has 0 aromatic heterocycles. The van der Waals surface area contributed by atoms with Crippen molar-refractivity contribution in [2.45, 2.75) is 4.90 Å². The molecule has 0 heterocycles. The van der Waals surface area contributed by atoms with Crippen LogP contribution in [0.25, 0.3) is 0 Å². The Morgan fingerprint density at radius 3 is 2.00 bits per heavy atom. The van der Waals surface area contributed by atoms with Crippen LogP contribution < -0.4 is 56.1 Å². The molecule has 2 aromatic rings. The third-order valence-corrected chi connectivity index (χ3v) is 2.77. The predicted octanol–water partition coefficient (Wildman–Crippen LogP) is 1.39. The average Bonchev–Trinajstić information content (AvgIpc) is 2.32. The van der Waals surface area contributed by atoms with Crippen LogP contribution in [0.15, 0.2) is 59.5 Å². The molecule has 4 heteroatoms. The van der Waals surface area contributed by atoms with Gasteiger partial charge in [0, 0.05) is 4.90 Å². The Bertz CT molecular complexity index is 497. The van der Waals surface area contributed by atoms with Gasteiger partial charge in [-0.2, -0.15) is 0 Å². The first-order chi connectivity index (χ1) is 8.24. The van der Waals surface area contributed by atoms with Gasteiger partial charge in [0.05, 0.1) is 5.12 Å². The number of hydrogen-bond acceptors (Lipinski definition) is 3. The zero-order valence-corrected chi connectivity index (χ0v) is 15.1. The Balaban J connectivity index is 0.00000162. The molecule has 2 nitrogen and oxygen atoms in total. The van der Waals surface area contributed by atoms with E-state index in [0.29, 0.717) is 0 Å². The molecule has 0 amide bonds. The van der Waals surface area contributed by atoms with E-state index in [4.69, 9.17) is 4.74 Å². The quantitative estimate of drug-likeness (QED) is 0.486. The van der Waals surface area contributed by atoms with Gasteiger partial charge in [-0.1, -0.05) is 30.0 Å². The van der Waals surface area contributed by atoms with Crippen molar-refractivity contribution in [2.24, 2.45) is 0 Å². The third kappa shape index (κ3) is 6.65. The van der Waals surface area contributed by atoms with Crippen molar-refractivity contribution in [2.75, 3.05) is 0 Å². The largest absolute Gasteiger partial charge is 1.00 e. The maximum absolute atomic E-state index is 10.8. The fourth-order valence-electron chi connectivity index (χ4n) is 1.33. The number of para-hydroxylation sites is 1. The third-order valence-electron chi connectivity index (χ3n) is 2.03. The van der Waals surface area contributed by atoms with E-state index in [2.05, 4.69) is 6.92 Å². The summed E-state index contributed by atoms with van der Waals surface area (Å²) in [5.74, 6) is 1.54. The van der Waals surface area contributed by atoms with Crippen molar-refractivity contribution >= 4 is 16.9 Å². The van der Waals surface area contributed by atoms with E-state index >= 15 is 0 Å². The Kier molecular flexibility index (Phi) is 9.52. The summed E-state index contributed by atoms with van der Waals surface area (Å²) in [6, 6.07) is 16.9. The number of rotatable bonds is 3. The van der Waals surface area contributed by atoms with Gasteiger partial charge in [0.2, 0.25) is 0 Å². The number of carbonyl (C=O) groups excluding carboxylic acids is 1. The van der Waals surface area contributed by atoms with E-state index < -0.39 is 0 Å². The van der Waals surface area contributed by atoms with Crippen molar-refractivity contribution in [1.82, 2.24) is 0 Å². The molecule has 0 radical (unpaired) electrons. The van der Waals surface area contributed by atoms with Gasteiger partial charge >= 0.3 is 51.4 Å². The second-order valence-corrected chi connectivity index (χ2v) is 4.49. The number of thioether (sulfide) groups is 1. The summed E-state index contributed by atoms with van der Waals surface area (Å²) in [6.45, 7) is 3.32. The number of benzene rings is 2. The van der Waals surface area contributed by atoms with Crippen LogP contribution in [0.4, 0.5) is 0 Å². The van der Waals surface area contributed by atoms with Crippen LogP contribution in [0.3, 0.4) is 0 Å². The molecule has 0 unspecified atom stereocenters. The minimum Gasteiger partial charge on any atom is -0.457 e. The second kappa shape index (κ2) is 9.64. The maximum atomic E-state index is 10.8. The van der Waals surface area contributed by atoms with Crippen molar-refractivity contribution in [1.29, 1.82) is 0 Å². The van der Waals surface area contributed by atoms with E-state index in [9.17, 15) is 4.79 Å². The summed E-state index contributed by atoms with van der Waals surface area (Å²) in [7, 11) is 0. The van der Waals surface area contributed by atoms with Gasteiger partial charge in [-0.05, 0) is 36.4 Å². The number of carbonyl (C=O) groups is 1. The summed E-state index contributed by atoms with van der Waals surface area (Å²) < 4.78 is 5.63. The van der Waals surface area contributed by atoms with Crippen LogP contribution in [0.2, 0.25) is 0 Å². The molecule has 2 rings (SSSR count). The van der Waals surface area contributed by atoms with E-state index in [0.717, 1.165) is 28.2 Å². The van der Waals surface area contributed by atoms with Gasteiger partial charge in [-0.3, -0.25) is 0 Å². The SMILES string of the molecule is [CH2-]C(=O)Sc1ccc(Oc2ccccc2)cc1.[CH3-].[K+]. The van der Waals surface area contributed by atoms with Gasteiger partial charge in [0.1, 0.15) is 11.5 Å². The van der Waals surface area contributed by atoms with Gasteiger partial charge in [-0.25, -0.2) is 0 Å². The van der Waals surface area contributed by atoms with E-state index in [-0.39, 0.29) is 63.9 Å². The molecule has 94 valence electrons. The normalized spacial score (nSPS) is 8.84. The van der Waals surface area contributed by atoms with E-state index in [1.807, 2.05) is 54.6 Å². The van der Waals surface area contributed by atoms with Crippen molar-refractivity contribution < 1.29 is 60.9 Å². The average molecular weight is 297 g/mol. The van der Waals surface area contributed by atoms with Gasteiger partial charge in [-0.15, -0.1) is 0 Å². The molecule has 0 bridgehead atoms. The standard InChI is InChI=1S/C14H11O2S.CH3.K/c1-11(15)17-14-9-7-13(8-10-14)16-12-5-3-2-4-6-12;;/h2-10H,1H2;1H3;/q2*-1;+1. The van der Waals surface area contributed by atoms with Gasteiger partial charge < -0.3 is 23.9 Å². The molecular formula is C15H14KO2S-. The zero-order chi connectivity index (χ0) is 12.1. The molecule has 2 aromatic carbocycles. The van der Waals surface area contributed by atoms with Crippen LogP contribution in [-0.2, 0) is 4.79 Å². The van der Waals surface area contributed by atoms with Gasteiger partial charge in [0.25, 0.3) is 0 Å². The molecule has 0 aliphatic heterocycles. The minimum absolute atomic E-state index is 0. The topological polar surface area (TPSA) is 26.3 Å². The Hall–Kier alpha value is -0.234. The molecule has 0 spiro atoms. The first-order valence-corrected chi connectivity index (χ1v) is 5.92. The van der Waals surface area contributed by atoms with Gasteiger partial charge in [0.15, 0.2) is 0 Å². The predicted molar refractivity (Wildman–Crippen MR) is 75.6 cm³/mol. The molecule has 0 N–H and O–H groups in total. The monoisotopic (exact) mass is 297 g/mol. The molecule has 0 aliphatic rings. The molecule has 0 atom stereocenters. The Morgan fingerprint density at radius 2 is 1.47 bits per heavy atom. The number of hydrogen-bond donors (Lipinski definition) is 0. The second-order valence-electron chi connectivity index (χ2n) is 3.36. The molecule has 0 saturated heterocycles. The van der Waals surface area contributed by atoms with E-state index in [1.165, 1.54) is 0 Å². The summed E-state index contributed by atoms with van der Waals surface area (Å²) in [4.78, 5) is 11.7. The smallest absolute Gasteiger partial charge is 0.457 e. The Labute approximate surface area is 161 Å². The molecule has 0 saturated carbocycles. The fraction of sp³-hybridized carbons (Fsp3) is 0. The molecule has 19 heavy (non-hydrogen) atoms. The first-order valence-electron chi connectivity index (χ1n) is 5.11. The molecular weight excluding hydrogens is 283 g/mol. The van der Waals surface area contributed by atoms with E-state index in [1.54, 1.807) is 0 Å². The summed E-state index contributed by atoms with van der Waals surface area (Å²) in [5.41, 5.74) is 0. The van der Waals surface area contributed by atoms with Crippen LogP contribution in [0.1, 0.15) is 0 Å². The van der Waals surface area contributed by atoms with Crippen molar-refractivity contribution in [3.63, 3.8) is 0 Å². The first kappa shape index (κ1) is 18.8. The number of ether oxygens (including phenoxy) is 1. The maximum Gasteiger partial charge on any atom is 1.00 e. The summed E-state index contributed by atoms with van der Waals surface area (Å²) >= 11 is 1.11. The van der Waals surface area contributed by atoms with Crippen molar-refractivity contribution in [3.05, 3.63) is 68.9 Å². The fourth-order valence-corrected chi connectivity index (χ4v) is 1.87. The zero-order valence-electron chi connectivity index (χ0n) is 11.1. The van der Waals surface area contributed by atoms with Crippen molar-refractivity contribution in [3.8, 4) is 11.5 Å². The summed E-state index contributed by atoms with van der Waals surface area (Å²) in [6.07, 6.45) is 0. The van der Waals surface area contributed by atoms with Crippen LogP contribution >= 0.6 is 11.8 Å². The Morgan fingerprint density at radius 1 is 0.947 bits per heavy atom. The molecule has 0 fully saturated rings. The van der Waals surface area contributed by atoms with Crippen LogP contribution in [0, 0.1) is 14.4 Å². The summed E-state index contributed by atoms with van der Waals surface area (Å²) in [5, 5.41) is -0.165. The van der Waals surface area contributed by atoms with Crippen LogP contribution in [-0.4, -0.2) is 5.12 Å².